The van der Waals surface area contributed by atoms with Crippen LogP contribution in [0.25, 0.3) is 22.0 Å². The summed E-state index contributed by atoms with van der Waals surface area (Å²) in [6.45, 7) is 8.70. The van der Waals surface area contributed by atoms with Gasteiger partial charge in [0.25, 0.3) is 11.5 Å². The van der Waals surface area contributed by atoms with Crippen molar-refractivity contribution in [3.63, 3.8) is 0 Å². The Bertz CT molecular complexity index is 1800. The molecular formula is C32H38N4O5S. The van der Waals surface area contributed by atoms with Gasteiger partial charge in [-0.05, 0) is 69.6 Å². The van der Waals surface area contributed by atoms with Gasteiger partial charge in [-0.1, -0.05) is 31.5 Å². The van der Waals surface area contributed by atoms with Gasteiger partial charge in [-0.3, -0.25) is 14.5 Å². The molecule has 0 bridgehead atoms. The van der Waals surface area contributed by atoms with E-state index in [9.17, 15) is 18.0 Å². The summed E-state index contributed by atoms with van der Waals surface area (Å²) in [5.41, 5.74) is 3.32. The number of ether oxygens (including phenoxy) is 1. The molecule has 1 fully saturated rings. The van der Waals surface area contributed by atoms with Gasteiger partial charge in [0.05, 0.1) is 10.6 Å². The summed E-state index contributed by atoms with van der Waals surface area (Å²) in [5, 5.41) is 3.26. The lowest BCUT2D eigenvalue weighted by atomic mass is 10.0. The van der Waals surface area contributed by atoms with Gasteiger partial charge in [0.2, 0.25) is 0 Å². The molecule has 1 aliphatic heterocycles. The summed E-state index contributed by atoms with van der Waals surface area (Å²) in [6.07, 6.45) is 5.27. The zero-order valence-electron chi connectivity index (χ0n) is 24.6. The van der Waals surface area contributed by atoms with Crippen LogP contribution in [0.4, 0.5) is 0 Å². The highest BCUT2D eigenvalue weighted by atomic mass is 32.2. The normalized spacial score (nSPS) is 14.3. The molecule has 0 aliphatic carbocycles. The maximum atomic E-state index is 13.1. The SMILES string of the molecule is CCNC(=O)c1cc2c(-c3cc(S(=O)(=O)CC)ccc3Oc3c(C)cccc3CN3CCCCC3)cn(C)c(=O)c2[nH]1. The van der Waals surface area contributed by atoms with Crippen LogP contribution in [0.3, 0.4) is 0 Å². The predicted molar refractivity (Wildman–Crippen MR) is 165 cm³/mol. The minimum Gasteiger partial charge on any atom is -0.456 e. The van der Waals surface area contributed by atoms with E-state index in [1.54, 1.807) is 44.4 Å². The second-order valence-electron chi connectivity index (χ2n) is 10.9. The molecule has 42 heavy (non-hydrogen) atoms. The van der Waals surface area contributed by atoms with E-state index in [1.165, 1.54) is 23.8 Å². The van der Waals surface area contributed by atoms with Gasteiger partial charge < -0.3 is 19.6 Å². The van der Waals surface area contributed by atoms with E-state index in [-0.39, 0.29) is 33.3 Å². The number of nitrogens with zero attached hydrogens (tertiary/aromatic N) is 2. The molecule has 0 saturated carbocycles. The van der Waals surface area contributed by atoms with Gasteiger partial charge in [-0.15, -0.1) is 0 Å². The van der Waals surface area contributed by atoms with Crippen molar-refractivity contribution in [2.24, 2.45) is 7.05 Å². The molecule has 222 valence electrons. The number of carbonyl (C=O) groups excluding carboxylic acids is 1. The lowest BCUT2D eigenvalue weighted by Gasteiger charge is -2.27. The van der Waals surface area contributed by atoms with E-state index in [4.69, 9.17) is 4.74 Å². The standard InChI is InChI=1S/C32H38N4O5S/c1-5-33-31(37)27-18-25-26(20-35(4)32(38)29(25)34-27)24-17-23(42(39,40)6-2)13-14-28(24)41-30-21(3)11-10-12-22(30)19-36-15-8-7-9-16-36/h10-14,17-18,20,34H,5-9,15-16,19H2,1-4H3,(H,33,37). The average molecular weight is 591 g/mol. The highest BCUT2D eigenvalue weighted by Crippen LogP contribution is 2.40. The zero-order chi connectivity index (χ0) is 30.0. The smallest absolute Gasteiger partial charge is 0.274 e. The monoisotopic (exact) mass is 590 g/mol. The number of benzene rings is 2. The van der Waals surface area contributed by atoms with Crippen molar-refractivity contribution < 1.29 is 17.9 Å². The minimum absolute atomic E-state index is 0.0569. The molecule has 1 aliphatic rings. The molecule has 4 aromatic rings. The Labute approximate surface area is 246 Å². The number of aromatic amines is 1. The van der Waals surface area contributed by atoms with Crippen LogP contribution in [-0.2, 0) is 23.4 Å². The van der Waals surface area contributed by atoms with Crippen LogP contribution in [0.1, 0.15) is 54.7 Å². The largest absolute Gasteiger partial charge is 0.456 e. The van der Waals surface area contributed by atoms with Crippen LogP contribution in [0, 0.1) is 6.92 Å². The van der Waals surface area contributed by atoms with E-state index < -0.39 is 9.84 Å². The van der Waals surface area contributed by atoms with Gasteiger partial charge in [-0.25, -0.2) is 8.42 Å². The van der Waals surface area contributed by atoms with Crippen LogP contribution in [0.15, 0.2) is 58.4 Å². The minimum atomic E-state index is -3.54. The molecule has 2 aromatic carbocycles. The number of sulfone groups is 1. The number of hydrogen-bond donors (Lipinski definition) is 2. The fourth-order valence-corrected chi connectivity index (χ4v) is 6.45. The maximum Gasteiger partial charge on any atom is 0.274 e. The van der Waals surface area contributed by atoms with Crippen LogP contribution < -0.4 is 15.6 Å². The molecule has 1 amide bonds. The molecule has 0 unspecified atom stereocenters. The first kappa shape index (κ1) is 29.6. The molecule has 5 rings (SSSR count). The van der Waals surface area contributed by atoms with E-state index in [1.807, 2.05) is 26.0 Å². The van der Waals surface area contributed by atoms with Gasteiger partial charge in [0.1, 0.15) is 22.7 Å². The fourth-order valence-electron chi connectivity index (χ4n) is 5.55. The summed E-state index contributed by atoms with van der Waals surface area (Å²) in [6, 6.07) is 12.6. The molecule has 9 nitrogen and oxygen atoms in total. The number of nitrogens with one attached hydrogen (secondary N) is 2. The summed E-state index contributed by atoms with van der Waals surface area (Å²) < 4.78 is 34.1. The molecule has 2 aromatic heterocycles. The summed E-state index contributed by atoms with van der Waals surface area (Å²) >= 11 is 0. The van der Waals surface area contributed by atoms with Crippen molar-refractivity contribution in [2.75, 3.05) is 25.4 Å². The van der Waals surface area contributed by atoms with Crippen LogP contribution in [0.2, 0.25) is 0 Å². The van der Waals surface area contributed by atoms with Crippen molar-refractivity contribution >= 4 is 26.6 Å². The lowest BCUT2D eigenvalue weighted by molar-refractivity contribution is 0.0951. The predicted octanol–water partition coefficient (Wildman–Crippen LogP) is 5.16. The summed E-state index contributed by atoms with van der Waals surface area (Å²) in [5.74, 6) is 0.801. The highest BCUT2D eigenvalue weighted by molar-refractivity contribution is 7.91. The number of aryl methyl sites for hydroxylation is 2. The number of piperidine rings is 1. The van der Waals surface area contributed by atoms with Crippen molar-refractivity contribution in [2.45, 2.75) is 51.5 Å². The first-order valence-corrected chi connectivity index (χ1v) is 16.1. The van der Waals surface area contributed by atoms with E-state index >= 15 is 0 Å². The Balaban J connectivity index is 1.69. The van der Waals surface area contributed by atoms with Gasteiger partial charge in [0, 0.05) is 48.4 Å². The number of pyridine rings is 1. The molecule has 1 saturated heterocycles. The number of rotatable bonds is 9. The second-order valence-corrected chi connectivity index (χ2v) is 13.1. The number of amides is 1. The zero-order valence-corrected chi connectivity index (χ0v) is 25.4. The first-order valence-electron chi connectivity index (χ1n) is 14.5. The van der Waals surface area contributed by atoms with E-state index in [0.29, 0.717) is 28.8 Å². The molecule has 0 atom stereocenters. The third-order valence-corrected chi connectivity index (χ3v) is 9.61. The molecule has 0 radical (unpaired) electrons. The number of carbonyl (C=O) groups is 1. The molecule has 10 heteroatoms. The summed E-state index contributed by atoms with van der Waals surface area (Å²) in [7, 11) is -1.92. The topological polar surface area (TPSA) is 113 Å². The Morgan fingerprint density at radius 2 is 1.81 bits per heavy atom. The fraction of sp³-hybridized carbons (Fsp3) is 0.375. The Morgan fingerprint density at radius 1 is 1.05 bits per heavy atom. The third-order valence-electron chi connectivity index (χ3n) is 7.88. The van der Waals surface area contributed by atoms with E-state index in [0.717, 1.165) is 36.5 Å². The molecule has 3 heterocycles. The van der Waals surface area contributed by atoms with E-state index in [2.05, 4.69) is 21.3 Å². The average Bonchev–Trinajstić information content (AvgIpc) is 3.44. The van der Waals surface area contributed by atoms with Crippen molar-refractivity contribution in [3.8, 4) is 22.6 Å². The van der Waals surface area contributed by atoms with Crippen LogP contribution in [-0.4, -0.2) is 54.2 Å². The Kier molecular flexibility index (Phi) is 8.56. The quantitative estimate of drug-likeness (QED) is 0.278. The molecular weight excluding hydrogens is 552 g/mol. The Morgan fingerprint density at radius 3 is 2.52 bits per heavy atom. The Hall–Kier alpha value is -3.89. The lowest BCUT2D eigenvalue weighted by Crippen LogP contribution is -2.29. The van der Waals surface area contributed by atoms with Crippen molar-refractivity contribution in [1.29, 1.82) is 0 Å². The van der Waals surface area contributed by atoms with Crippen molar-refractivity contribution in [3.05, 3.63) is 75.8 Å². The number of likely N-dealkylation sites (tertiary alicyclic amines) is 1. The first-order chi connectivity index (χ1) is 20.1. The van der Waals surface area contributed by atoms with Crippen LogP contribution >= 0.6 is 0 Å². The summed E-state index contributed by atoms with van der Waals surface area (Å²) in [4.78, 5) is 31.3. The number of fused-ring (bicyclic) bond motifs is 1. The number of para-hydroxylation sites is 1. The third kappa shape index (κ3) is 5.87. The highest BCUT2D eigenvalue weighted by Gasteiger charge is 2.23. The van der Waals surface area contributed by atoms with Gasteiger partial charge in [0.15, 0.2) is 9.84 Å². The van der Waals surface area contributed by atoms with Crippen LogP contribution in [0.5, 0.6) is 11.5 Å². The molecule has 2 N–H and O–H groups in total. The van der Waals surface area contributed by atoms with Gasteiger partial charge in [-0.2, -0.15) is 0 Å². The maximum absolute atomic E-state index is 13.1. The number of H-pyrrole nitrogens is 1. The van der Waals surface area contributed by atoms with Gasteiger partial charge >= 0.3 is 0 Å². The molecule has 0 spiro atoms. The number of hydrogen-bond acceptors (Lipinski definition) is 6. The second kappa shape index (κ2) is 12.1. The number of aromatic nitrogens is 2. The van der Waals surface area contributed by atoms with Crippen molar-refractivity contribution in [1.82, 2.24) is 19.8 Å².